The fraction of sp³-hybridized carbons (Fsp3) is 0.500. The maximum Gasteiger partial charge on any atom is 0.242 e. The molecule has 0 aliphatic carbocycles. The van der Waals surface area contributed by atoms with E-state index in [2.05, 4.69) is 11.0 Å². The molecule has 1 aliphatic rings. The van der Waals surface area contributed by atoms with Gasteiger partial charge in [0.15, 0.2) is 0 Å². The van der Waals surface area contributed by atoms with Crippen molar-refractivity contribution in [2.24, 2.45) is 0 Å². The van der Waals surface area contributed by atoms with Gasteiger partial charge in [-0.1, -0.05) is 30.3 Å². The number of piperazine rings is 1. The number of hydrogen-bond donors (Lipinski definition) is 0. The van der Waals surface area contributed by atoms with E-state index < -0.39 is 5.54 Å². The highest BCUT2D eigenvalue weighted by atomic mass is 16.2. The fourth-order valence-corrected chi connectivity index (χ4v) is 2.94. The van der Waals surface area contributed by atoms with E-state index in [1.807, 2.05) is 51.2 Å². The molecule has 0 bridgehead atoms. The Bertz CT molecular complexity index is 518. The first-order valence-corrected chi connectivity index (χ1v) is 6.92. The lowest BCUT2D eigenvalue weighted by Gasteiger charge is -2.48. The zero-order valence-electron chi connectivity index (χ0n) is 12.3. The minimum absolute atomic E-state index is 0.0335. The van der Waals surface area contributed by atoms with Crippen LogP contribution in [0.25, 0.3) is 0 Å². The van der Waals surface area contributed by atoms with Crippen molar-refractivity contribution in [3.8, 4) is 6.07 Å². The van der Waals surface area contributed by atoms with Crippen molar-refractivity contribution in [3.05, 3.63) is 35.9 Å². The molecule has 0 saturated carbocycles. The van der Waals surface area contributed by atoms with Crippen LogP contribution in [0.2, 0.25) is 0 Å². The van der Waals surface area contributed by atoms with Gasteiger partial charge in [-0.15, -0.1) is 0 Å². The number of benzene rings is 1. The molecule has 1 heterocycles. The zero-order valence-corrected chi connectivity index (χ0v) is 12.3. The summed E-state index contributed by atoms with van der Waals surface area (Å²) in [6, 6.07) is 12.2. The molecule has 0 N–H and O–H groups in total. The summed E-state index contributed by atoms with van der Waals surface area (Å²) in [5.74, 6) is 0.114. The summed E-state index contributed by atoms with van der Waals surface area (Å²) in [5, 5.41) is 9.14. The summed E-state index contributed by atoms with van der Waals surface area (Å²) >= 11 is 0. The molecular formula is C16H21N3O. The fourth-order valence-electron chi connectivity index (χ4n) is 2.94. The average molecular weight is 271 g/mol. The van der Waals surface area contributed by atoms with Gasteiger partial charge in [0.05, 0.1) is 18.0 Å². The Kier molecular flexibility index (Phi) is 4.10. The van der Waals surface area contributed by atoms with Crippen molar-refractivity contribution >= 4 is 5.91 Å². The van der Waals surface area contributed by atoms with Crippen molar-refractivity contribution in [2.45, 2.75) is 31.8 Å². The smallest absolute Gasteiger partial charge is 0.242 e. The maximum absolute atomic E-state index is 12.4. The zero-order chi connectivity index (χ0) is 14.8. The minimum Gasteiger partial charge on any atom is -0.343 e. The van der Waals surface area contributed by atoms with E-state index in [1.165, 1.54) is 0 Å². The number of carbonyl (C=O) groups is 1. The maximum atomic E-state index is 12.4. The highest BCUT2D eigenvalue weighted by Crippen LogP contribution is 2.33. The average Bonchev–Trinajstić information content (AvgIpc) is 2.44. The number of amides is 1. The topological polar surface area (TPSA) is 47.3 Å². The van der Waals surface area contributed by atoms with E-state index in [1.54, 1.807) is 4.90 Å². The lowest BCUT2D eigenvalue weighted by Crippen LogP contribution is -2.62. The molecule has 4 nitrogen and oxygen atoms in total. The van der Waals surface area contributed by atoms with Crippen LogP contribution in [0.5, 0.6) is 0 Å². The van der Waals surface area contributed by atoms with Gasteiger partial charge < -0.3 is 4.90 Å². The molecule has 20 heavy (non-hydrogen) atoms. The van der Waals surface area contributed by atoms with Crippen molar-refractivity contribution in [1.29, 1.82) is 5.26 Å². The van der Waals surface area contributed by atoms with E-state index in [-0.39, 0.29) is 11.9 Å². The highest BCUT2D eigenvalue weighted by molar-refractivity contribution is 5.86. The van der Waals surface area contributed by atoms with Gasteiger partial charge in [0.2, 0.25) is 5.91 Å². The summed E-state index contributed by atoms with van der Waals surface area (Å²) in [4.78, 5) is 16.3. The van der Waals surface area contributed by atoms with Crippen LogP contribution in [0.4, 0.5) is 0 Å². The van der Waals surface area contributed by atoms with Gasteiger partial charge in [-0.2, -0.15) is 5.26 Å². The largest absolute Gasteiger partial charge is 0.343 e. The molecule has 0 radical (unpaired) electrons. The van der Waals surface area contributed by atoms with Gasteiger partial charge in [0.1, 0.15) is 0 Å². The third-order valence-electron chi connectivity index (χ3n) is 4.11. The summed E-state index contributed by atoms with van der Waals surface area (Å²) < 4.78 is 0. The lowest BCUT2D eigenvalue weighted by atomic mass is 9.91. The van der Waals surface area contributed by atoms with Crippen molar-refractivity contribution < 1.29 is 4.79 Å². The molecule has 4 heteroatoms. The van der Waals surface area contributed by atoms with Crippen molar-refractivity contribution in [2.75, 3.05) is 20.1 Å². The van der Waals surface area contributed by atoms with Gasteiger partial charge in [-0.05, 0) is 19.4 Å². The van der Waals surface area contributed by atoms with Gasteiger partial charge in [0.25, 0.3) is 0 Å². The van der Waals surface area contributed by atoms with Crippen LogP contribution in [-0.2, 0) is 4.79 Å². The Morgan fingerprint density at radius 1 is 1.30 bits per heavy atom. The summed E-state index contributed by atoms with van der Waals surface area (Å²) in [6.07, 6.45) is 0.393. The second-order valence-corrected chi connectivity index (χ2v) is 5.77. The van der Waals surface area contributed by atoms with Crippen LogP contribution < -0.4 is 0 Å². The first kappa shape index (κ1) is 14.5. The van der Waals surface area contributed by atoms with E-state index in [4.69, 9.17) is 5.26 Å². The molecule has 1 amide bonds. The molecule has 106 valence electrons. The third kappa shape index (κ3) is 2.54. The molecule has 1 aromatic rings. The third-order valence-corrected chi connectivity index (χ3v) is 4.11. The van der Waals surface area contributed by atoms with Crippen molar-refractivity contribution in [1.82, 2.24) is 9.80 Å². The molecule has 1 atom stereocenters. The Balaban J connectivity index is 2.35. The molecule has 1 saturated heterocycles. The predicted octanol–water partition coefficient (Wildman–Crippen LogP) is 2.19. The number of likely N-dealkylation sites (N-methyl/N-ethyl adjacent to an activating group) is 1. The molecule has 0 aromatic heterocycles. The molecule has 1 aromatic carbocycles. The number of carbonyl (C=O) groups excluding carboxylic acids is 1. The van der Waals surface area contributed by atoms with Crippen LogP contribution in [0, 0.1) is 11.3 Å². The van der Waals surface area contributed by atoms with E-state index in [0.717, 1.165) is 12.1 Å². The number of nitrogens with zero attached hydrogens (tertiary/aromatic N) is 3. The Labute approximate surface area is 120 Å². The Morgan fingerprint density at radius 2 is 1.95 bits per heavy atom. The van der Waals surface area contributed by atoms with Crippen LogP contribution in [0.3, 0.4) is 0 Å². The number of nitriles is 1. The molecule has 1 fully saturated rings. The second-order valence-electron chi connectivity index (χ2n) is 5.77. The summed E-state index contributed by atoms with van der Waals surface area (Å²) in [5.41, 5.74) is 0.518. The van der Waals surface area contributed by atoms with Crippen LogP contribution in [0.15, 0.2) is 30.3 Å². The highest BCUT2D eigenvalue weighted by Gasteiger charge is 2.43. The van der Waals surface area contributed by atoms with E-state index >= 15 is 0 Å². The minimum atomic E-state index is -0.579. The molecule has 2 rings (SSSR count). The normalized spacial score (nSPS) is 20.5. The first-order chi connectivity index (χ1) is 9.48. The standard InChI is InChI=1S/C16H21N3O/c1-16(2)15(20)18(3)11-12-19(16)14(9-10-17)13-7-5-4-6-8-13/h4-8,14H,9,11-12H2,1-3H3. The summed E-state index contributed by atoms with van der Waals surface area (Å²) in [7, 11) is 1.84. The van der Waals surface area contributed by atoms with E-state index in [9.17, 15) is 4.79 Å². The first-order valence-electron chi connectivity index (χ1n) is 6.92. The Hall–Kier alpha value is -1.86. The van der Waals surface area contributed by atoms with Gasteiger partial charge in [0, 0.05) is 26.2 Å². The van der Waals surface area contributed by atoms with Crippen molar-refractivity contribution in [3.63, 3.8) is 0 Å². The second kappa shape index (κ2) is 5.64. The van der Waals surface area contributed by atoms with Crippen LogP contribution in [-0.4, -0.2) is 41.4 Å². The predicted molar refractivity (Wildman–Crippen MR) is 77.8 cm³/mol. The lowest BCUT2D eigenvalue weighted by molar-refractivity contribution is -0.149. The van der Waals surface area contributed by atoms with Gasteiger partial charge >= 0.3 is 0 Å². The number of rotatable bonds is 3. The van der Waals surface area contributed by atoms with E-state index in [0.29, 0.717) is 13.0 Å². The van der Waals surface area contributed by atoms with Crippen LogP contribution >= 0.6 is 0 Å². The number of hydrogen-bond acceptors (Lipinski definition) is 3. The quantitative estimate of drug-likeness (QED) is 0.846. The molecule has 1 unspecified atom stereocenters. The molecule has 0 spiro atoms. The monoisotopic (exact) mass is 271 g/mol. The van der Waals surface area contributed by atoms with Crippen LogP contribution in [0.1, 0.15) is 31.9 Å². The molecular weight excluding hydrogens is 250 g/mol. The SMILES string of the molecule is CN1CCN(C(CC#N)c2ccccc2)C(C)(C)C1=O. The molecule has 1 aliphatic heterocycles. The van der Waals surface area contributed by atoms with Gasteiger partial charge in [-0.25, -0.2) is 0 Å². The van der Waals surface area contributed by atoms with Gasteiger partial charge in [-0.3, -0.25) is 9.69 Å². The summed E-state index contributed by atoms with van der Waals surface area (Å²) in [6.45, 7) is 5.38. The Morgan fingerprint density at radius 3 is 2.55 bits per heavy atom.